The minimum atomic E-state index is -0.761. The Bertz CT molecular complexity index is 523. The molecule has 0 amide bonds. The van der Waals surface area contributed by atoms with E-state index in [9.17, 15) is 19.7 Å². The standard InChI is InChI=1S/C11H11NO6/c1-6-8(11(14)18-3)4-7(10(13)17-2)5-9(6)12(15)16/h4-5H,1-3H3. The first-order valence-electron chi connectivity index (χ1n) is 4.88. The molecule has 0 saturated carbocycles. The molecule has 18 heavy (non-hydrogen) atoms. The topological polar surface area (TPSA) is 95.7 Å². The maximum atomic E-state index is 11.5. The van der Waals surface area contributed by atoms with Crippen molar-refractivity contribution < 1.29 is 24.0 Å². The molecule has 0 bridgehead atoms. The van der Waals surface area contributed by atoms with Crippen LogP contribution >= 0.6 is 0 Å². The van der Waals surface area contributed by atoms with Crippen LogP contribution in [0.5, 0.6) is 0 Å². The quantitative estimate of drug-likeness (QED) is 0.460. The number of nitrogens with zero attached hydrogens (tertiary/aromatic N) is 1. The first-order chi connectivity index (χ1) is 8.42. The van der Waals surface area contributed by atoms with Crippen molar-refractivity contribution in [1.29, 1.82) is 0 Å². The van der Waals surface area contributed by atoms with Crippen molar-refractivity contribution in [2.24, 2.45) is 0 Å². The summed E-state index contributed by atoms with van der Waals surface area (Å²) in [7, 11) is 2.30. The second-order valence-electron chi connectivity index (χ2n) is 3.41. The summed E-state index contributed by atoms with van der Waals surface area (Å²) in [6.45, 7) is 1.41. The number of nitro groups is 1. The smallest absolute Gasteiger partial charge is 0.338 e. The molecule has 0 spiro atoms. The van der Waals surface area contributed by atoms with Gasteiger partial charge in [0.15, 0.2) is 0 Å². The van der Waals surface area contributed by atoms with Crippen LogP contribution in [-0.4, -0.2) is 31.1 Å². The van der Waals surface area contributed by atoms with E-state index < -0.39 is 16.9 Å². The molecule has 0 radical (unpaired) electrons. The highest BCUT2D eigenvalue weighted by molar-refractivity contribution is 5.97. The van der Waals surface area contributed by atoms with Crippen LogP contribution < -0.4 is 0 Å². The van der Waals surface area contributed by atoms with Crippen LogP contribution in [0.4, 0.5) is 5.69 Å². The fourth-order valence-corrected chi connectivity index (χ4v) is 1.45. The van der Waals surface area contributed by atoms with Gasteiger partial charge >= 0.3 is 11.9 Å². The lowest BCUT2D eigenvalue weighted by atomic mass is 10.0. The van der Waals surface area contributed by atoms with E-state index in [0.29, 0.717) is 0 Å². The number of carbonyl (C=O) groups is 2. The molecule has 0 unspecified atom stereocenters. The number of benzene rings is 1. The highest BCUT2D eigenvalue weighted by Crippen LogP contribution is 2.24. The third kappa shape index (κ3) is 2.45. The number of esters is 2. The Balaban J connectivity index is 3.51. The van der Waals surface area contributed by atoms with E-state index in [1.165, 1.54) is 13.0 Å². The number of ether oxygens (including phenoxy) is 2. The molecular formula is C11H11NO6. The predicted molar refractivity (Wildman–Crippen MR) is 60.5 cm³/mol. The Hall–Kier alpha value is -2.44. The third-order valence-electron chi connectivity index (χ3n) is 2.40. The van der Waals surface area contributed by atoms with E-state index in [1.807, 2.05) is 0 Å². The van der Waals surface area contributed by atoms with Crippen LogP contribution in [-0.2, 0) is 9.47 Å². The van der Waals surface area contributed by atoms with E-state index >= 15 is 0 Å². The molecule has 7 nitrogen and oxygen atoms in total. The molecule has 0 saturated heterocycles. The summed E-state index contributed by atoms with van der Waals surface area (Å²) >= 11 is 0. The van der Waals surface area contributed by atoms with Gasteiger partial charge in [-0.3, -0.25) is 10.1 Å². The van der Waals surface area contributed by atoms with Gasteiger partial charge < -0.3 is 9.47 Å². The van der Waals surface area contributed by atoms with Crippen molar-refractivity contribution in [1.82, 2.24) is 0 Å². The van der Waals surface area contributed by atoms with Crippen molar-refractivity contribution in [3.63, 3.8) is 0 Å². The average molecular weight is 253 g/mol. The second kappa shape index (κ2) is 5.26. The summed E-state index contributed by atoms with van der Waals surface area (Å²) in [4.78, 5) is 33.0. The fraction of sp³-hybridized carbons (Fsp3) is 0.273. The van der Waals surface area contributed by atoms with Crippen molar-refractivity contribution in [2.45, 2.75) is 6.92 Å². The van der Waals surface area contributed by atoms with Gasteiger partial charge in [0.25, 0.3) is 5.69 Å². The minimum absolute atomic E-state index is 0.0351. The van der Waals surface area contributed by atoms with E-state index in [4.69, 9.17) is 0 Å². The Kier molecular flexibility index (Phi) is 3.98. The van der Waals surface area contributed by atoms with Crippen LogP contribution in [0.1, 0.15) is 26.3 Å². The summed E-state index contributed by atoms with van der Waals surface area (Å²) < 4.78 is 8.97. The van der Waals surface area contributed by atoms with Gasteiger partial charge in [0.1, 0.15) is 0 Å². The van der Waals surface area contributed by atoms with Gasteiger partial charge in [0.05, 0.1) is 30.3 Å². The molecule has 96 valence electrons. The molecule has 0 aliphatic carbocycles. The summed E-state index contributed by atoms with van der Waals surface area (Å²) in [6, 6.07) is 2.27. The van der Waals surface area contributed by atoms with Gasteiger partial charge in [-0.1, -0.05) is 0 Å². The van der Waals surface area contributed by atoms with Crippen molar-refractivity contribution in [3.8, 4) is 0 Å². The number of hydrogen-bond acceptors (Lipinski definition) is 6. The zero-order valence-electron chi connectivity index (χ0n) is 10.1. The predicted octanol–water partition coefficient (Wildman–Crippen LogP) is 1.48. The zero-order valence-corrected chi connectivity index (χ0v) is 10.1. The summed E-state index contributed by atoms with van der Waals surface area (Å²) in [5, 5.41) is 10.8. The van der Waals surface area contributed by atoms with Gasteiger partial charge in [0.2, 0.25) is 0 Å². The van der Waals surface area contributed by atoms with Gasteiger partial charge in [-0.2, -0.15) is 0 Å². The van der Waals surface area contributed by atoms with Crippen LogP contribution in [0.3, 0.4) is 0 Å². The Morgan fingerprint density at radius 1 is 1.17 bits per heavy atom. The largest absolute Gasteiger partial charge is 0.465 e. The van der Waals surface area contributed by atoms with Crippen molar-refractivity contribution in [3.05, 3.63) is 38.9 Å². The fourth-order valence-electron chi connectivity index (χ4n) is 1.45. The van der Waals surface area contributed by atoms with Crippen LogP contribution in [0.2, 0.25) is 0 Å². The maximum Gasteiger partial charge on any atom is 0.338 e. The van der Waals surface area contributed by atoms with Gasteiger partial charge in [-0.05, 0) is 13.0 Å². The molecule has 0 aliphatic heterocycles. The molecule has 1 rings (SSSR count). The normalized spacial score (nSPS) is 9.72. The molecule has 0 fully saturated rings. The highest BCUT2D eigenvalue weighted by atomic mass is 16.6. The third-order valence-corrected chi connectivity index (χ3v) is 2.40. The number of hydrogen-bond donors (Lipinski definition) is 0. The molecular weight excluding hydrogens is 242 g/mol. The van der Waals surface area contributed by atoms with E-state index in [-0.39, 0.29) is 22.4 Å². The van der Waals surface area contributed by atoms with Crippen LogP contribution in [0, 0.1) is 17.0 Å². The van der Waals surface area contributed by atoms with E-state index in [2.05, 4.69) is 9.47 Å². The van der Waals surface area contributed by atoms with Gasteiger partial charge in [-0.25, -0.2) is 9.59 Å². The van der Waals surface area contributed by atoms with E-state index in [1.54, 1.807) is 0 Å². The summed E-state index contributed by atoms with van der Waals surface area (Å²) in [5.74, 6) is -1.51. The number of methoxy groups -OCH3 is 2. The molecule has 1 aromatic rings. The van der Waals surface area contributed by atoms with Gasteiger partial charge in [0, 0.05) is 11.6 Å². The zero-order chi connectivity index (χ0) is 13.9. The molecule has 0 aliphatic rings. The average Bonchev–Trinajstić information content (AvgIpc) is 2.36. The first-order valence-corrected chi connectivity index (χ1v) is 4.88. The molecule has 7 heteroatoms. The molecule has 0 N–H and O–H groups in total. The number of rotatable bonds is 3. The monoisotopic (exact) mass is 253 g/mol. The maximum absolute atomic E-state index is 11.5. The molecule has 0 atom stereocenters. The van der Waals surface area contributed by atoms with Crippen molar-refractivity contribution in [2.75, 3.05) is 14.2 Å². The molecule has 0 aromatic heterocycles. The number of carbonyl (C=O) groups excluding carboxylic acids is 2. The molecule has 1 aromatic carbocycles. The minimum Gasteiger partial charge on any atom is -0.465 e. The summed E-state index contributed by atoms with van der Waals surface area (Å²) in [6.07, 6.45) is 0. The summed E-state index contributed by atoms with van der Waals surface area (Å²) in [5.41, 5.74) is -0.305. The Morgan fingerprint density at radius 3 is 2.17 bits per heavy atom. The number of nitro benzene ring substituents is 1. The lowest BCUT2D eigenvalue weighted by molar-refractivity contribution is -0.385. The lowest BCUT2D eigenvalue weighted by Crippen LogP contribution is -2.10. The van der Waals surface area contributed by atoms with Gasteiger partial charge in [-0.15, -0.1) is 0 Å². The first kappa shape index (κ1) is 13.6. The van der Waals surface area contributed by atoms with Crippen LogP contribution in [0.15, 0.2) is 12.1 Å². The SMILES string of the molecule is COC(=O)c1cc(C(=O)OC)c(C)c([N+](=O)[O-])c1. The Labute approximate surface area is 102 Å². The molecule has 0 heterocycles. The second-order valence-corrected chi connectivity index (χ2v) is 3.41. The Morgan fingerprint density at radius 2 is 1.72 bits per heavy atom. The highest BCUT2D eigenvalue weighted by Gasteiger charge is 2.23. The van der Waals surface area contributed by atoms with Crippen molar-refractivity contribution >= 4 is 17.6 Å². The lowest BCUT2D eigenvalue weighted by Gasteiger charge is -2.07. The van der Waals surface area contributed by atoms with Crippen LogP contribution in [0.25, 0.3) is 0 Å². The van der Waals surface area contributed by atoms with E-state index in [0.717, 1.165) is 20.3 Å².